The Morgan fingerprint density at radius 2 is 2.33 bits per heavy atom. The molecule has 5 nitrogen and oxygen atoms in total. The van der Waals surface area contributed by atoms with Crippen molar-refractivity contribution in [2.45, 2.75) is 25.5 Å². The van der Waals surface area contributed by atoms with Gasteiger partial charge in [0.25, 0.3) is 5.69 Å². The lowest BCUT2D eigenvalue weighted by Gasteiger charge is -2.29. The number of piperidine rings is 1. The van der Waals surface area contributed by atoms with Crippen LogP contribution in [0.2, 0.25) is 5.02 Å². The van der Waals surface area contributed by atoms with Crippen LogP contribution in [0.4, 0.5) is 5.69 Å². The number of aliphatic hydroxyl groups excluding tert-OH is 1. The molecule has 1 unspecified atom stereocenters. The molecule has 1 aliphatic rings. The SMILES string of the molecule is O=[N+]([O-])c1cc(CN2CCCC(O)C2)ccc1Cl. The zero-order valence-corrected chi connectivity index (χ0v) is 10.6. The minimum atomic E-state index is -0.475. The number of likely N-dealkylation sites (tertiary alicyclic amines) is 1. The molecule has 0 spiro atoms. The molecule has 98 valence electrons. The maximum Gasteiger partial charge on any atom is 0.288 e. The fraction of sp³-hybridized carbons (Fsp3) is 0.500. The average molecular weight is 271 g/mol. The van der Waals surface area contributed by atoms with Crippen LogP contribution in [0.5, 0.6) is 0 Å². The number of nitro groups is 1. The van der Waals surface area contributed by atoms with Crippen molar-refractivity contribution in [3.05, 3.63) is 38.9 Å². The first-order chi connectivity index (χ1) is 8.56. The van der Waals surface area contributed by atoms with Crippen molar-refractivity contribution in [2.24, 2.45) is 0 Å². The van der Waals surface area contributed by atoms with Crippen molar-refractivity contribution in [3.8, 4) is 0 Å². The van der Waals surface area contributed by atoms with Gasteiger partial charge in [-0.25, -0.2) is 0 Å². The molecule has 0 amide bonds. The number of nitrogens with zero attached hydrogens (tertiary/aromatic N) is 2. The van der Waals surface area contributed by atoms with Gasteiger partial charge in [0.05, 0.1) is 11.0 Å². The molecule has 0 saturated carbocycles. The van der Waals surface area contributed by atoms with E-state index in [9.17, 15) is 15.2 Å². The minimum Gasteiger partial charge on any atom is -0.392 e. The molecule has 1 aromatic carbocycles. The second-order valence-electron chi connectivity index (χ2n) is 4.57. The molecule has 1 saturated heterocycles. The summed E-state index contributed by atoms with van der Waals surface area (Å²) in [7, 11) is 0. The van der Waals surface area contributed by atoms with Crippen LogP contribution in [-0.4, -0.2) is 34.1 Å². The summed E-state index contributed by atoms with van der Waals surface area (Å²) in [6.45, 7) is 2.14. The van der Waals surface area contributed by atoms with Gasteiger partial charge in [0.2, 0.25) is 0 Å². The van der Waals surface area contributed by atoms with Crippen molar-refractivity contribution in [3.63, 3.8) is 0 Å². The summed E-state index contributed by atoms with van der Waals surface area (Å²) >= 11 is 5.76. The number of halogens is 1. The van der Waals surface area contributed by atoms with Crippen LogP contribution in [-0.2, 0) is 6.54 Å². The van der Waals surface area contributed by atoms with Crippen molar-refractivity contribution in [1.29, 1.82) is 0 Å². The lowest BCUT2D eigenvalue weighted by molar-refractivity contribution is -0.384. The zero-order chi connectivity index (χ0) is 13.1. The normalized spacial score (nSPS) is 20.9. The largest absolute Gasteiger partial charge is 0.392 e. The molecule has 1 aliphatic heterocycles. The number of nitro benzene ring substituents is 1. The second kappa shape index (κ2) is 5.65. The summed E-state index contributed by atoms with van der Waals surface area (Å²) in [4.78, 5) is 12.4. The molecular formula is C12H15ClN2O3. The molecule has 0 aliphatic carbocycles. The Morgan fingerprint density at radius 1 is 1.56 bits per heavy atom. The van der Waals surface area contributed by atoms with E-state index in [-0.39, 0.29) is 16.8 Å². The van der Waals surface area contributed by atoms with Crippen molar-refractivity contribution >= 4 is 17.3 Å². The Kier molecular flexibility index (Phi) is 4.16. The molecule has 1 N–H and O–H groups in total. The quantitative estimate of drug-likeness (QED) is 0.675. The molecule has 18 heavy (non-hydrogen) atoms. The molecule has 6 heteroatoms. The smallest absolute Gasteiger partial charge is 0.288 e. The van der Waals surface area contributed by atoms with Crippen LogP contribution >= 0.6 is 11.6 Å². The molecule has 2 rings (SSSR count). The predicted molar refractivity (Wildman–Crippen MR) is 68.6 cm³/mol. The highest BCUT2D eigenvalue weighted by Gasteiger charge is 2.19. The molecule has 0 aromatic heterocycles. The van der Waals surface area contributed by atoms with E-state index >= 15 is 0 Å². The van der Waals surface area contributed by atoms with Gasteiger partial charge in [-0.2, -0.15) is 0 Å². The third-order valence-electron chi connectivity index (χ3n) is 3.09. The highest BCUT2D eigenvalue weighted by molar-refractivity contribution is 6.32. The van der Waals surface area contributed by atoms with Gasteiger partial charge in [-0.05, 0) is 31.0 Å². The number of benzene rings is 1. The van der Waals surface area contributed by atoms with E-state index in [2.05, 4.69) is 4.90 Å². The van der Waals surface area contributed by atoms with Crippen LogP contribution in [0.25, 0.3) is 0 Å². The molecule has 1 atom stereocenters. The van der Waals surface area contributed by atoms with E-state index in [4.69, 9.17) is 11.6 Å². The highest BCUT2D eigenvalue weighted by Crippen LogP contribution is 2.26. The maximum absolute atomic E-state index is 10.8. The van der Waals surface area contributed by atoms with E-state index in [0.29, 0.717) is 13.1 Å². The Bertz CT molecular complexity index is 453. The number of rotatable bonds is 3. The first-order valence-electron chi connectivity index (χ1n) is 5.89. The average Bonchev–Trinajstić information content (AvgIpc) is 2.31. The lowest BCUT2D eigenvalue weighted by atomic mass is 10.1. The minimum absolute atomic E-state index is 0.0632. The van der Waals surface area contributed by atoms with E-state index in [1.54, 1.807) is 12.1 Å². The van der Waals surface area contributed by atoms with E-state index in [1.165, 1.54) is 6.07 Å². The maximum atomic E-state index is 10.8. The van der Waals surface area contributed by atoms with Gasteiger partial charge in [-0.3, -0.25) is 15.0 Å². The van der Waals surface area contributed by atoms with Gasteiger partial charge in [0, 0.05) is 19.2 Å². The van der Waals surface area contributed by atoms with Crippen molar-refractivity contribution in [2.75, 3.05) is 13.1 Å². The Labute approximate surface area is 110 Å². The predicted octanol–water partition coefficient (Wildman–Crippen LogP) is 2.20. The summed E-state index contributed by atoms with van der Waals surface area (Å²) in [5.74, 6) is 0. The molecule has 1 aromatic rings. The molecule has 1 heterocycles. The van der Waals surface area contributed by atoms with Crippen LogP contribution in [0.3, 0.4) is 0 Å². The van der Waals surface area contributed by atoms with E-state index in [1.807, 2.05) is 0 Å². The van der Waals surface area contributed by atoms with Gasteiger partial charge in [0.15, 0.2) is 0 Å². The molecular weight excluding hydrogens is 256 g/mol. The Morgan fingerprint density at radius 3 is 3.00 bits per heavy atom. The van der Waals surface area contributed by atoms with Crippen LogP contribution in [0, 0.1) is 10.1 Å². The summed E-state index contributed by atoms with van der Waals surface area (Å²) in [5.41, 5.74) is 0.784. The van der Waals surface area contributed by atoms with Gasteiger partial charge in [-0.15, -0.1) is 0 Å². The zero-order valence-electron chi connectivity index (χ0n) is 9.88. The van der Waals surface area contributed by atoms with Gasteiger partial charge < -0.3 is 5.11 Å². The highest BCUT2D eigenvalue weighted by atomic mass is 35.5. The lowest BCUT2D eigenvalue weighted by Crippen LogP contribution is -2.37. The van der Waals surface area contributed by atoms with Crippen molar-refractivity contribution in [1.82, 2.24) is 4.90 Å². The fourth-order valence-electron chi connectivity index (χ4n) is 2.23. The van der Waals surface area contributed by atoms with Crippen LogP contribution in [0.1, 0.15) is 18.4 Å². The first kappa shape index (κ1) is 13.3. The van der Waals surface area contributed by atoms with Gasteiger partial charge in [0.1, 0.15) is 5.02 Å². The summed E-state index contributed by atoms with van der Waals surface area (Å²) < 4.78 is 0. The molecule has 0 bridgehead atoms. The Balaban J connectivity index is 2.09. The summed E-state index contributed by atoms with van der Waals surface area (Å²) in [6, 6.07) is 4.84. The van der Waals surface area contributed by atoms with E-state index in [0.717, 1.165) is 24.9 Å². The Hall–Kier alpha value is -1.17. The number of hydrogen-bond donors (Lipinski definition) is 1. The third-order valence-corrected chi connectivity index (χ3v) is 3.41. The van der Waals surface area contributed by atoms with Gasteiger partial charge >= 0.3 is 0 Å². The monoisotopic (exact) mass is 270 g/mol. The van der Waals surface area contributed by atoms with Crippen LogP contribution < -0.4 is 0 Å². The van der Waals surface area contributed by atoms with Crippen LogP contribution in [0.15, 0.2) is 18.2 Å². The number of aliphatic hydroxyl groups is 1. The van der Waals surface area contributed by atoms with E-state index < -0.39 is 4.92 Å². The number of hydrogen-bond acceptors (Lipinski definition) is 4. The number of β-amino-alcohol motifs (C(OH)–C–C–N with tert-alkyl or cyclic N) is 1. The summed E-state index contributed by atoms with van der Waals surface area (Å²) in [5, 5.41) is 20.5. The summed E-state index contributed by atoms with van der Waals surface area (Å²) in [6.07, 6.45) is 1.50. The standard InChI is InChI=1S/C12H15ClN2O3/c13-11-4-3-9(6-12(11)15(17)18)7-14-5-1-2-10(16)8-14/h3-4,6,10,16H,1-2,5,7-8H2. The second-order valence-corrected chi connectivity index (χ2v) is 4.98. The molecule has 0 radical (unpaired) electrons. The molecule has 1 fully saturated rings. The topological polar surface area (TPSA) is 66.6 Å². The fourth-order valence-corrected chi connectivity index (χ4v) is 2.42. The first-order valence-corrected chi connectivity index (χ1v) is 6.27. The third kappa shape index (κ3) is 3.19. The van der Waals surface area contributed by atoms with Crippen molar-refractivity contribution < 1.29 is 10.0 Å². The van der Waals surface area contributed by atoms with Gasteiger partial charge in [-0.1, -0.05) is 17.7 Å².